The van der Waals surface area contributed by atoms with E-state index in [-0.39, 0.29) is 37.5 Å². The predicted octanol–water partition coefficient (Wildman–Crippen LogP) is -0.119. The third-order valence-corrected chi connectivity index (χ3v) is 4.27. The van der Waals surface area contributed by atoms with Crippen molar-refractivity contribution in [2.45, 2.75) is 12.6 Å². The van der Waals surface area contributed by atoms with E-state index in [1.54, 1.807) is 16.8 Å². The molecule has 7 nitrogen and oxygen atoms in total. The van der Waals surface area contributed by atoms with Crippen LogP contribution in [0.15, 0.2) is 30.3 Å². The maximum Gasteiger partial charge on any atom is 0.327 e. The number of nitrogens with zero attached hydrogens (tertiary/aromatic N) is 3. The summed E-state index contributed by atoms with van der Waals surface area (Å²) in [5.74, 6) is -0.269. The second-order valence-electron chi connectivity index (χ2n) is 5.77. The largest absolute Gasteiger partial charge is 0.337 e. The predicted molar refractivity (Wildman–Crippen MR) is 83.4 cm³/mol. The zero-order chi connectivity index (χ0) is 16.4. The lowest BCUT2D eigenvalue weighted by atomic mass is 10.1. The fourth-order valence-corrected chi connectivity index (χ4v) is 3.05. The summed E-state index contributed by atoms with van der Waals surface area (Å²) in [5.41, 5.74) is 0.914. The van der Waals surface area contributed by atoms with Gasteiger partial charge in [-0.1, -0.05) is 30.3 Å². The monoisotopic (exact) mass is 316 g/mol. The number of benzene rings is 1. The van der Waals surface area contributed by atoms with Crippen LogP contribution in [0, 0.1) is 0 Å². The number of carbonyl (C=O) groups excluding carboxylic acids is 3. The molecule has 1 aromatic carbocycles. The summed E-state index contributed by atoms with van der Waals surface area (Å²) in [5, 5.41) is 2.82. The number of fused-ring (bicyclic) bond motifs is 1. The number of hydrogen-bond donors (Lipinski definition) is 1. The third kappa shape index (κ3) is 2.92. The van der Waals surface area contributed by atoms with Crippen molar-refractivity contribution in [1.29, 1.82) is 0 Å². The molecule has 0 radical (unpaired) electrons. The van der Waals surface area contributed by atoms with Gasteiger partial charge in [0.2, 0.25) is 5.91 Å². The number of hydrogen-bond acceptors (Lipinski definition) is 4. The number of piperazine rings is 1. The van der Waals surface area contributed by atoms with Gasteiger partial charge in [0.05, 0.1) is 19.6 Å². The van der Waals surface area contributed by atoms with Crippen LogP contribution in [-0.2, 0) is 16.1 Å². The smallest absolute Gasteiger partial charge is 0.327 e. The molecule has 4 amide bonds. The number of nitrogens with one attached hydrogen (secondary N) is 1. The molecule has 7 heteroatoms. The number of rotatable bonds is 4. The molecule has 0 saturated carbocycles. The van der Waals surface area contributed by atoms with Gasteiger partial charge in [-0.2, -0.15) is 0 Å². The van der Waals surface area contributed by atoms with Crippen LogP contribution < -0.4 is 5.32 Å². The molecule has 2 aliphatic heterocycles. The molecule has 2 heterocycles. The van der Waals surface area contributed by atoms with Crippen molar-refractivity contribution in [1.82, 2.24) is 20.0 Å². The minimum atomic E-state index is -0.555. The molecule has 3 rings (SSSR count). The highest BCUT2D eigenvalue weighted by molar-refractivity contribution is 6.04. The Labute approximate surface area is 134 Å². The van der Waals surface area contributed by atoms with Crippen LogP contribution in [0.25, 0.3) is 0 Å². The Bertz CT molecular complexity index is 619. The van der Waals surface area contributed by atoms with E-state index in [0.29, 0.717) is 13.1 Å². The van der Waals surface area contributed by atoms with Gasteiger partial charge in [-0.25, -0.2) is 4.79 Å². The maximum absolute atomic E-state index is 12.6. The van der Waals surface area contributed by atoms with Crippen LogP contribution in [0.1, 0.15) is 5.56 Å². The highest BCUT2D eigenvalue weighted by atomic mass is 16.2. The van der Waals surface area contributed by atoms with Gasteiger partial charge in [-0.05, 0) is 12.6 Å². The van der Waals surface area contributed by atoms with Crippen LogP contribution in [0.2, 0.25) is 0 Å². The molecule has 0 spiro atoms. The van der Waals surface area contributed by atoms with E-state index in [1.165, 1.54) is 4.90 Å². The maximum atomic E-state index is 12.6. The van der Waals surface area contributed by atoms with Gasteiger partial charge < -0.3 is 15.1 Å². The topological polar surface area (TPSA) is 73.0 Å². The number of amides is 4. The first-order valence-electron chi connectivity index (χ1n) is 7.70. The summed E-state index contributed by atoms with van der Waals surface area (Å²) in [6.45, 7) is 1.65. The Morgan fingerprint density at radius 2 is 1.96 bits per heavy atom. The number of carbonyl (C=O) groups is 3. The zero-order valence-electron chi connectivity index (χ0n) is 13.1. The van der Waals surface area contributed by atoms with E-state index >= 15 is 0 Å². The second kappa shape index (κ2) is 6.37. The van der Waals surface area contributed by atoms with Crippen LogP contribution in [-0.4, -0.2) is 71.8 Å². The Balaban J connectivity index is 1.72. The molecule has 2 fully saturated rings. The van der Waals surface area contributed by atoms with Crippen molar-refractivity contribution in [2.75, 3.05) is 33.2 Å². The molecule has 122 valence electrons. The van der Waals surface area contributed by atoms with Crippen LogP contribution in [0.5, 0.6) is 0 Å². The first-order chi connectivity index (χ1) is 11.1. The first kappa shape index (κ1) is 15.5. The van der Waals surface area contributed by atoms with Gasteiger partial charge in [-0.3, -0.25) is 14.5 Å². The molecule has 1 aromatic rings. The van der Waals surface area contributed by atoms with E-state index < -0.39 is 6.04 Å². The van der Waals surface area contributed by atoms with Crippen LogP contribution in [0.4, 0.5) is 4.79 Å². The SMILES string of the molecule is CNCC(=O)N1CCN2C(=O)N(Cc3ccccc3)C(=O)C2C1. The Morgan fingerprint density at radius 3 is 2.65 bits per heavy atom. The van der Waals surface area contributed by atoms with E-state index in [0.717, 1.165) is 5.56 Å². The molecule has 1 atom stereocenters. The van der Waals surface area contributed by atoms with Gasteiger partial charge in [0.25, 0.3) is 5.91 Å². The van der Waals surface area contributed by atoms with Crippen molar-refractivity contribution < 1.29 is 14.4 Å². The highest BCUT2D eigenvalue weighted by Crippen LogP contribution is 2.23. The quantitative estimate of drug-likeness (QED) is 0.786. The van der Waals surface area contributed by atoms with Gasteiger partial charge in [0.1, 0.15) is 6.04 Å². The summed E-state index contributed by atoms with van der Waals surface area (Å²) in [6, 6.07) is 8.62. The number of imide groups is 1. The number of likely N-dealkylation sites (N-methyl/N-ethyl adjacent to an activating group) is 1. The summed E-state index contributed by atoms with van der Waals surface area (Å²) < 4.78 is 0. The average Bonchev–Trinajstić information content (AvgIpc) is 2.81. The lowest BCUT2D eigenvalue weighted by molar-refractivity contribution is -0.135. The summed E-state index contributed by atoms with van der Waals surface area (Å²) in [4.78, 5) is 41.6. The molecule has 0 aromatic heterocycles. The summed E-state index contributed by atoms with van der Waals surface area (Å²) >= 11 is 0. The summed E-state index contributed by atoms with van der Waals surface area (Å²) in [7, 11) is 1.71. The fourth-order valence-electron chi connectivity index (χ4n) is 3.05. The first-order valence-corrected chi connectivity index (χ1v) is 7.70. The lowest BCUT2D eigenvalue weighted by Gasteiger charge is -2.35. The molecular weight excluding hydrogens is 296 g/mol. The minimum Gasteiger partial charge on any atom is -0.337 e. The molecule has 1 unspecified atom stereocenters. The molecule has 23 heavy (non-hydrogen) atoms. The third-order valence-electron chi connectivity index (χ3n) is 4.27. The molecule has 0 aliphatic carbocycles. The van der Waals surface area contributed by atoms with Crippen LogP contribution in [0.3, 0.4) is 0 Å². The standard InChI is InChI=1S/C16H20N4O3/c1-17-9-14(21)18-7-8-19-13(11-18)15(22)20(16(19)23)10-12-5-3-2-4-6-12/h2-6,13,17H,7-11H2,1H3. The number of urea groups is 1. The highest BCUT2D eigenvalue weighted by Gasteiger charge is 2.48. The Hall–Kier alpha value is -2.41. The van der Waals surface area contributed by atoms with Crippen molar-refractivity contribution in [2.24, 2.45) is 0 Å². The van der Waals surface area contributed by atoms with Gasteiger partial charge >= 0.3 is 6.03 Å². The van der Waals surface area contributed by atoms with E-state index in [9.17, 15) is 14.4 Å². The molecule has 0 bridgehead atoms. The van der Waals surface area contributed by atoms with Crippen LogP contribution >= 0.6 is 0 Å². The van der Waals surface area contributed by atoms with Crippen molar-refractivity contribution >= 4 is 17.8 Å². The zero-order valence-corrected chi connectivity index (χ0v) is 13.1. The van der Waals surface area contributed by atoms with Crippen molar-refractivity contribution in [3.8, 4) is 0 Å². The van der Waals surface area contributed by atoms with Crippen molar-refractivity contribution in [3.63, 3.8) is 0 Å². The van der Waals surface area contributed by atoms with Gasteiger partial charge in [0.15, 0.2) is 0 Å². The Kier molecular flexibility index (Phi) is 4.29. The Morgan fingerprint density at radius 1 is 1.22 bits per heavy atom. The van der Waals surface area contributed by atoms with Crippen molar-refractivity contribution in [3.05, 3.63) is 35.9 Å². The second-order valence-corrected chi connectivity index (χ2v) is 5.77. The average molecular weight is 316 g/mol. The van der Waals surface area contributed by atoms with Gasteiger partial charge in [-0.15, -0.1) is 0 Å². The van der Waals surface area contributed by atoms with Gasteiger partial charge in [0, 0.05) is 13.1 Å². The molecule has 2 saturated heterocycles. The van der Waals surface area contributed by atoms with E-state index in [2.05, 4.69) is 5.32 Å². The lowest BCUT2D eigenvalue weighted by Crippen LogP contribution is -2.55. The van der Waals surface area contributed by atoms with E-state index in [4.69, 9.17) is 0 Å². The summed E-state index contributed by atoms with van der Waals surface area (Å²) in [6.07, 6.45) is 0. The fraction of sp³-hybridized carbons (Fsp3) is 0.438. The minimum absolute atomic E-state index is 0.0473. The molecule has 2 aliphatic rings. The normalized spacial score (nSPS) is 20.9. The molecular formula is C16H20N4O3. The molecule has 1 N–H and O–H groups in total. The van der Waals surface area contributed by atoms with E-state index in [1.807, 2.05) is 30.3 Å².